The summed E-state index contributed by atoms with van der Waals surface area (Å²) in [6, 6.07) is 75.4. The number of ketones is 4. The van der Waals surface area contributed by atoms with Crippen LogP contribution in [0.5, 0.6) is 0 Å². The fourth-order valence-corrected chi connectivity index (χ4v) is 19.1. The second-order valence-electron chi connectivity index (χ2n) is 40.5. The Morgan fingerprint density at radius 2 is 0.662 bits per heavy atom. The van der Waals surface area contributed by atoms with Gasteiger partial charge in [0.15, 0.2) is 23.1 Å². The van der Waals surface area contributed by atoms with E-state index < -0.39 is 0 Å². The second-order valence-corrected chi connectivity index (χ2v) is 40.5. The molecule has 4 N–H and O–H groups in total. The van der Waals surface area contributed by atoms with E-state index in [9.17, 15) is 34.5 Å². The number of allylic oxidation sites excluding steroid dienone is 8. The molecular formula is C126H156Ir4N4O8-4. The molecule has 0 bridgehead atoms. The molecule has 4 fully saturated rings. The number of fused-ring (bicyclic) bond motifs is 4. The van der Waals surface area contributed by atoms with E-state index >= 15 is 0 Å². The van der Waals surface area contributed by atoms with Crippen LogP contribution in [0.1, 0.15) is 329 Å². The first-order chi connectivity index (χ1) is 65.8. The number of aryl methyl sites for hydroxylation is 8. The molecule has 16 heteroatoms. The standard InChI is InChI=1S/4C22H22N.C13H24O2.C11H20O2.C9H16O2.C5H8O2.4Ir/c1-15-12-16(2)14-18(13-15)21-11-10-20-19(17-6-3-4-7-17)8-5-9-22(20)23-21;3*1-15-11-16(2)13-20(12-15)21-10-9-18-7-8-19(14-22(18)23-21)17-5-3-4-6-17;1-5-10(6-2)12(14)9-13(15)11(7-3)8-4;1-8(2)5-10(12)7-11(13)6-9(3)4;1-6(2)8(10)5-9(11)7(3)4;1-4(6)3-5(2)7;;;;/h5,8-13,17H,3-4,6-7H2,1-2H3;3*7-12,14,17H,3-6H2,1-2H3;9-11,14H,5-8H2,1-4H3;7-9,12H,5-6H2,1-4H3;5-7,10H,1-4H3;3,6H,1-2H3;;;;/q4*-1;;;;;;;;. The van der Waals surface area contributed by atoms with E-state index in [0.717, 1.165) is 116 Å². The van der Waals surface area contributed by atoms with E-state index in [0.29, 0.717) is 24.7 Å². The van der Waals surface area contributed by atoms with Gasteiger partial charge in [-0.3, -0.25) is 39.1 Å². The number of aliphatic hydroxyl groups excluding tert-OH is 4. The maximum Gasteiger partial charge on any atom is 0.162 e. The summed E-state index contributed by atoms with van der Waals surface area (Å²) in [5, 5.41) is 41.6. The zero-order chi connectivity index (χ0) is 100. The van der Waals surface area contributed by atoms with Gasteiger partial charge in [-0.2, -0.15) is 0 Å². The molecule has 142 heavy (non-hydrogen) atoms. The van der Waals surface area contributed by atoms with Crippen LogP contribution < -0.4 is 0 Å². The smallest absolute Gasteiger partial charge is 0.162 e. The molecule has 12 nitrogen and oxygen atoms in total. The van der Waals surface area contributed by atoms with E-state index in [1.165, 1.54) is 229 Å². The van der Waals surface area contributed by atoms with E-state index in [-0.39, 0.29) is 150 Å². The molecule has 0 spiro atoms. The van der Waals surface area contributed by atoms with Crippen molar-refractivity contribution >= 4 is 66.7 Å². The van der Waals surface area contributed by atoms with Crippen LogP contribution in [0.2, 0.25) is 0 Å². The number of aliphatic hydroxyl groups is 4. The number of hydrogen-bond donors (Lipinski definition) is 4. The van der Waals surface area contributed by atoms with Gasteiger partial charge in [0.1, 0.15) is 0 Å². The van der Waals surface area contributed by atoms with Crippen LogP contribution in [0, 0.1) is 115 Å². The molecule has 4 heterocycles. The summed E-state index contributed by atoms with van der Waals surface area (Å²) in [5.74, 6) is 4.55. The minimum Gasteiger partial charge on any atom is -0.512 e. The number of nitrogens with zero attached hydrogens (tertiary/aromatic N) is 4. The van der Waals surface area contributed by atoms with Crippen molar-refractivity contribution in [3.05, 3.63) is 308 Å². The molecular weight excluding hydrogens is 2470 g/mol. The van der Waals surface area contributed by atoms with Gasteiger partial charge in [-0.1, -0.05) is 287 Å². The summed E-state index contributed by atoms with van der Waals surface area (Å²) in [6.07, 6.45) is 31.4. The van der Waals surface area contributed by atoms with Gasteiger partial charge in [0, 0.05) is 147 Å². The number of aromatic nitrogens is 4. The van der Waals surface area contributed by atoms with Crippen molar-refractivity contribution in [3.63, 3.8) is 0 Å². The zero-order valence-electron chi connectivity index (χ0n) is 88.3. The van der Waals surface area contributed by atoms with Crippen molar-refractivity contribution < 1.29 is 120 Å². The molecule has 768 valence electrons. The molecule has 4 aliphatic rings. The Morgan fingerprint density at radius 3 is 0.958 bits per heavy atom. The van der Waals surface area contributed by atoms with Gasteiger partial charge in [-0.05, 0) is 212 Å². The first-order valence-electron chi connectivity index (χ1n) is 51.2. The molecule has 8 aromatic carbocycles. The summed E-state index contributed by atoms with van der Waals surface area (Å²) >= 11 is 0. The predicted molar refractivity (Wildman–Crippen MR) is 578 cm³/mol. The Balaban J connectivity index is 0.000000292. The third kappa shape index (κ3) is 39.7. The number of pyridine rings is 4. The van der Waals surface area contributed by atoms with E-state index in [4.69, 9.17) is 25.0 Å². The van der Waals surface area contributed by atoms with Gasteiger partial charge in [0.25, 0.3) is 0 Å². The molecule has 0 unspecified atom stereocenters. The summed E-state index contributed by atoms with van der Waals surface area (Å²) in [5.41, 5.74) is 28.5. The van der Waals surface area contributed by atoms with Crippen molar-refractivity contribution in [2.75, 3.05) is 0 Å². The summed E-state index contributed by atoms with van der Waals surface area (Å²) in [6.45, 7) is 43.1. The van der Waals surface area contributed by atoms with Crippen LogP contribution in [-0.2, 0) is 99.6 Å². The van der Waals surface area contributed by atoms with Crippen molar-refractivity contribution in [1.82, 2.24) is 19.9 Å². The Bertz CT molecular complexity index is 5660. The van der Waals surface area contributed by atoms with Crippen LogP contribution >= 0.6 is 0 Å². The van der Waals surface area contributed by atoms with Gasteiger partial charge >= 0.3 is 0 Å². The van der Waals surface area contributed by atoms with Gasteiger partial charge < -0.3 is 20.4 Å². The Hall–Kier alpha value is -9.16. The first kappa shape index (κ1) is 123. The third-order valence-electron chi connectivity index (χ3n) is 26.4. The van der Waals surface area contributed by atoms with Crippen LogP contribution in [0.3, 0.4) is 0 Å². The minimum absolute atomic E-state index is 0. The molecule has 4 radical (unpaired) electrons. The third-order valence-corrected chi connectivity index (χ3v) is 26.4. The number of rotatable bonds is 24. The maximum absolute atomic E-state index is 11.7. The van der Waals surface area contributed by atoms with Crippen molar-refractivity contribution in [2.45, 2.75) is 317 Å². The number of carbonyl (C=O) groups is 4. The quantitative estimate of drug-likeness (QED) is 0.0254. The molecule has 16 rings (SSSR count). The fourth-order valence-electron chi connectivity index (χ4n) is 19.1. The number of hydrogen-bond acceptors (Lipinski definition) is 12. The van der Waals surface area contributed by atoms with Gasteiger partial charge in [0.2, 0.25) is 0 Å². The monoisotopic (exact) mass is 2630 g/mol. The molecule has 12 aromatic rings. The Morgan fingerprint density at radius 1 is 0.345 bits per heavy atom. The summed E-state index contributed by atoms with van der Waals surface area (Å²) in [4.78, 5) is 63.7. The molecule has 0 atom stereocenters. The van der Waals surface area contributed by atoms with Crippen molar-refractivity contribution in [3.8, 4) is 45.0 Å². The average molecular weight is 2620 g/mol. The van der Waals surface area contributed by atoms with E-state index in [1.54, 1.807) is 0 Å². The molecule has 0 saturated heterocycles. The number of carbonyl (C=O) groups excluding carboxylic acids is 4. The molecule has 4 aliphatic carbocycles. The van der Waals surface area contributed by atoms with Crippen molar-refractivity contribution in [1.29, 1.82) is 0 Å². The van der Waals surface area contributed by atoms with Gasteiger partial charge in [0.05, 0.1) is 45.1 Å². The van der Waals surface area contributed by atoms with Crippen LogP contribution in [-0.4, -0.2) is 63.5 Å². The van der Waals surface area contributed by atoms with Crippen LogP contribution in [0.25, 0.3) is 88.6 Å². The van der Waals surface area contributed by atoms with Gasteiger partial charge in [-0.15, -0.1) is 140 Å². The minimum atomic E-state index is -0.125. The largest absolute Gasteiger partial charge is 0.512 e. The first-order valence-corrected chi connectivity index (χ1v) is 51.2. The van der Waals surface area contributed by atoms with E-state index in [1.807, 2.05) is 83.1 Å². The topological polar surface area (TPSA) is 201 Å². The van der Waals surface area contributed by atoms with Crippen molar-refractivity contribution in [2.24, 2.45) is 35.5 Å². The second kappa shape index (κ2) is 62.0. The Kier molecular flexibility index (Phi) is 53.8. The maximum atomic E-state index is 11.7. The normalized spacial score (nSPS) is 14.0. The molecule has 4 aromatic heterocycles. The van der Waals surface area contributed by atoms with Gasteiger partial charge in [-0.25, -0.2) is 0 Å². The van der Waals surface area contributed by atoms with Crippen LogP contribution in [0.4, 0.5) is 0 Å². The average Bonchev–Trinajstić information content (AvgIpc) is 1.45. The van der Waals surface area contributed by atoms with Crippen LogP contribution in [0.15, 0.2) is 217 Å². The Labute approximate surface area is 905 Å². The molecule has 0 aliphatic heterocycles. The summed E-state index contributed by atoms with van der Waals surface area (Å²) < 4.78 is 0. The van der Waals surface area contributed by atoms with E-state index in [2.05, 4.69) is 250 Å². The zero-order valence-corrected chi connectivity index (χ0v) is 97.9. The molecule has 4 saturated carbocycles. The predicted octanol–water partition coefficient (Wildman–Crippen LogP) is 34.2. The fraction of sp³-hybridized carbons (Fsp3) is 0.429. The summed E-state index contributed by atoms with van der Waals surface area (Å²) in [7, 11) is 0. The molecule has 0 amide bonds. The SMILES string of the molecule is CC(=O)C=C(C)O.CC(C)C(=O)C=C(O)C(C)C.CC(C)CC(=O)C=C(O)CC(C)C.CCC(CC)C(=O)C=C(O)C(CC)CC.Cc1[c-]c(-c2ccc3c(C4CCCC4)cccc3n2)cc(C)c1.Cc1[c-]c(-c2ccc3ccc(C4CCCC4)cc3n2)cc(C)c1.Cc1[c-]c(-c2ccc3ccc(C4CCCC4)cc3n2)cc(C)c1.Cc1[c-]c(-c2ccc3ccc(C4CCCC4)cc3n2)cc(C)c1.[Ir].[Ir].[Ir].[Ir]. The number of benzene rings is 8.